The number of carboxylic acid groups (broad SMARTS) is 1. The molecule has 1 aromatic rings. The average molecular weight is 270 g/mol. The first-order chi connectivity index (χ1) is 6.81. The first-order valence-corrected chi connectivity index (χ1v) is 5.25. The Kier molecular flexibility index (Phi) is 6.73. The van der Waals surface area contributed by atoms with Crippen LogP contribution in [0.4, 0.5) is 0 Å². The van der Waals surface area contributed by atoms with Crippen molar-refractivity contribution in [3.05, 3.63) is 35.9 Å². The van der Waals surface area contributed by atoms with Crippen LogP contribution in [-0.2, 0) is 4.79 Å². The fourth-order valence-electron chi connectivity index (χ4n) is 0.706. The zero-order valence-electron chi connectivity index (χ0n) is 8.08. The molecule has 0 aliphatic rings. The molecule has 0 amide bonds. The molecule has 0 aliphatic carbocycles. The van der Waals surface area contributed by atoms with Crippen LogP contribution in [0.25, 0.3) is 0 Å². The van der Waals surface area contributed by atoms with E-state index in [4.69, 9.17) is 39.9 Å². The van der Waals surface area contributed by atoms with Crippen molar-refractivity contribution < 1.29 is 9.90 Å². The van der Waals surface area contributed by atoms with E-state index < -0.39 is 16.2 Å². The second kappa shape index (κ2) is 6.94. The van der Waals surface area contributed by atoms with Gasteiger partial charge in [0.2, 0.25) is 3.79 Å². The number of halogens is 3. The lowest BCUT2D eigenvalue weighted by Gasteiger charge is -2.03. The number of hydrogen-bond acceptors (Lipinski definition) is 1. The molecule has 1 rings (SSSR count). The fourth-order valence-corrected chi connectivity index (χ4v) is 1.05. The Morgan fingerprint density at radius 2 is 1.73 bits per heavy atom. The fraction of sp³-hybridized carbons (Fsp3) is 0.300. The Hall–Kier alpha value is -0.440. The number of aryl methyl sites for hydroxylation is 1. The monoisotopic (exact) mass is 268 g/mol. The Morgan fingerprint density at radius 1 is 1.27 bits per heavy atom. The predicted octanol–water partition coefficient (Wildman–Crippen LogP) is 3.83. The minimum absolute atomic E-state index is 0.461. The van der Waals surface area contributed by atoms with Gasteiger partial charge in [0.1, 0.15) is 0 Å². The quantitative estimate of drug-likeness (QED) is 0.787. The molecule has 0 radical (unpaired) electrons. The smallest absolute Gasteiger partial charge is 0.307 e. The van der Waals surface area contributed by atoms with Gasteiger partial charge < -0.3 is 5.11 Å². The van der Waals surface area contributed by atoms with Crippen LogP contribution < -0.4 is 0 Å². The third-order valence-electron chi connectivity index (χ3n) is 1.29. The van der Waals surface area contributed by atoms with Gasteiger partial charge in [0, 0.05) is 0 Å². The number of carboxylic acids is 1. The molecule has 0 aromatic heterocycles. The van der Waals surface area contributed by atoms with E-state index in [1.54, 1.807) is 0 Å². The normalized spacial score (nSPS) is 10.1. The molecular weight excluding hydrogens is 258 g/mol. The molecule has 0 heterocycles. The molecule has 2 nitrogen and oxygen atoms in total. The molecule has 1 aromatic carbocycles. The molecule has 0 bridgehead atoms. The van der Waals surface area contributed by atoms with Crippen molar-refractivity contribution in [2.75, 3.05) is 0 Å². The van der Waals surface area contributed by atoms with Gasteiger partial charge in [0.25, 0.3) is 0 Å². The van der Waals surface area contributed by atoms with Crippen molar-refractivity contribution in [1.82, 2.24) is 0 Å². The third-order valence-corrected chi connectivity index (χ3v) is 1.69. The van der Waals surface area contributed by atoms with E-state index in [1.807, 2.05) is 18.2 Å². The highest BCUT2D eigenvalue weighted by molar-refractivity contribution is 6.68. The second-order valence-electron chi connectivity index (χ2n) is 2.84. The number of alkyl halides is 3. The number of rotatable bonds is 1. The summed E-state index contributed by atoms with van der Waals surface area (Å²) in [7, 11) is 0. The van der Waals surface area contributed by atoms with Gasteiger partial charge in [-0.25, -0.2) is 0 Å². The van der Waals surface area contributed by atoms with Gasteiger partial charge in [-0.3, -0.25) is 4.79 Å². The Labute approximate surface area is 104 Å². The maximum Gasteiger partial charge on any atom is 0.307 e. The summed E-state index contributed by atoms with van der Waals surface area (Å²) in [6, 6.07) is 10.3. The van der Waals surface area contributed by atoms with Crippen LogP contribution in [0.5, 0.6) is 0 Å². The van der Waals surface area contributed by atoms with Crippen molar-refractivity contribution in [3.63, 3.8) is 0 Å². The molecule has 0 fully saturated rings. The first kappa shape index (κ1) is 14.6. The van der Waals surface area contributed by atoms with E-state index in [9.17, 15) is 4.79 Å². The van der Waals surface area contributed by atoms with E-state index in [2.05, 4.69) is 19.1 Å². The van der Waals surface area contributed by atoms with Gasteiger partial charge in [0.15, 0.2) is 0 Å². The summed E-state index contributed by atoms with van der Waals surface area (Å²) in [5, 5.41) is 8.00. The lowest BCUT2D eigenvalue weighted by Crippen LogP contribution is -2.09. The van der Waals surface area contributed by atoms with Gasteiger partial charge in [-0.15, -0.1) is 0 Å². The van der Waals surface area contributed by atoms with Crippen molar-refractivity contribution >= 4 is 40.8 Å². The Bertz CT molecular complexity index is 293. The highest BCUT2D eigenvalue weighted by Crippen LogP contribution is 2.29. The van der Waals surface area contributed by atoms with Crippen molar-refractivity contribution in [2.24, 2.45) is 0 Å². The standard InChI is InChI=1S/C7H8.C3H3Cl3O2/c1-7-5-3-2-4-6-7;4-3(5,6)1-2(7)8/h2-6H,1H3;1H2,(H,7,8). The summed E-state index contributed by atoms with van der Waals surface area (Å²) in [6.07, 6.45) is -0.461. The van der Waals surface area contributed by atoms with Gasteiger partial charge in [-0.1, -0.05) is 70.7 Å². The van der Waals surface area contributed by atoms with E-state index in [0.717, 1.165) is 0 Å². The highest BCUT2D eigenvalue weighted by atomic mass is 35.6. The minimum Gasteiger partial charge on any atom is -0.481 e. The van der Waals surface area contributed by atoms with Gasteiger partial charge in [-0.05, 0) is 6.92 Å². The molecule has 0 saturated heterocycles. The summed E-state index contributed by atoms with van der Waals surface area (Å²) in [4.78, 5) is 9.76. The summed E-state index contributed by atoms with van der Waals surface area (Å²) in [5.74, 6) is -1.12. The molecule has 0 aliphatic heterocycles. The zero-order valence-corrected chi connectivity index (χ0v) is 10.4. The molecular formula is C10H11Cl3O2. The minimum atomic E-state index is -1.66. The maximum absolute atomic E-state index is 9.76. The van der Waals surface area contributed by atoms with Gasteiger partial charge >= 0.3 is 5.97 Å². The van der Waals surface area contributed by atoms with Crippen LogP contribution in [-0.4, -0.2) is 14.9 Å². The summed E-state index contributed by atoms with van der Waals surface area (Å²) >= 11 is 15.2. The lowest BCUT2D eigenvalue weighted by atomic mass is 10.2. The maximum atomic E-state index is 9.76. The van der Waals surface area contributed by atoms with Crippen molar-refractivity contribution in [2.45, 2.75) is 17.1 Å². The van der Waals surface area contributed by atoms with Crippen LogP contribution in [0.3, 0.4) is 0 Å². The SMILES string of the molecule is Cc1ccccc1.O=C(O)CC(Cl)(Cl)Cl. The summed E-state index contributed by atoms with van der Waals surface area (Å²) in [6.45, 7) is 2.08. The van der Waals surface area contributed by atoms with Gasteiger partial charge in [0.05, 0.1) is 6.42 Å². The van der Waals surface area contributed by atoms with E-state index in [1.165, 1.54) is 5.56 Å². The largest absolute Gasteiger partial charge is 0.481 e. The second-order valence-corrected chi connectivity index (χ2v) is 5.36. The Morgan fingerprint density at radius 3 is 1.87 bits per heavy atom. The van der Waals surface area contributed by atoms with Crippen LogP contribution in [0, 0.1) is 6.92 Å². The number of benzene rings is 1. The third kappa shape index (κ3) is 11.5. The molecule has 1 N–H and O–H groups in total. The first-order valence-electron chi connectivity index (χ1n) is 4.11. The summed E-state index contributed by atoms with van der Waals surface area (Å²) < 4.78 is -1.66. The van der Waals surface area contributed by atoms with Crippen molar-refractivity contribution in [1.29, 1.82) is 0 Å². The van der Waals surface area contributed by atoms with E-state index in [0.29, 0.717) is 0 Å². The lowest BCUT2D eigenvalue weighted by molar-refractivity contribution is -0.136. The van der Waals surface area contributed by atoms with Crippen molar-refractivity contribution in [3.8, 4) is 0 Å². The number of hydrogen-bond donors (Lipinski definition) is 1. The topological polar surface area (TPSA) is 37.3 Å². The Balaban J connectivity index is 0.000000262. The number of aliphatic carboxylic acids is 1. The van der Waals surface area contributed by atoms with Crippen LogP contribution in [0.15, 0.2) is 30.3 Å². The molecule has 0 atom stereocenters. The molecule has 0 unspecified atom stereocenters. The molecule has 0 spiro atoms. The molecule has 0 saturated carbocycles. The van der Waals surface area contributed by atoms with E-state index >= 15 is 0 Å². The molecule has 5 heteroatoms. The summed E-state index contributed by atoms with van der Waals surface area (Å²) in [5.41, 5.74) is 1.32. The predicted molar refractivity (Wildman–Crippen MR) is 63.7 cm³/mol. The number of carbonyl (C=O) groups is 1. The zero-order chi connectivity index (χ0) is 11.9. The van der Waals surface area contributed by atoms with Crippen LogP contribution in [0.2, 0.25) is 0 Å². The average Bonchev–Trinajstić information content (AvgIpc) is 2.01. The highest BCUT2D eigenvalue weighted by Gasteiger charge is 2.23. The van der Waals surface area contributed by atoms with Crippen LogP contribution in [0.1, 0.15) is 12.0 Å². The molecule has 15 heavy (non-hydrogen) atoms. The van der Waals surface area contributed by atoms with E-state index in [-0.39, 0.29) is 0 Å². The van der Waals surface area contributed by atoms with Crippen LogP contribution >= 0.6 is 34.8 Å². The van der Waals surface area contributed by atoms with Gasteiger partial charge in [-0.2, -0.15) is 0 Å². The molecule has 84 valence electrons.